The predicted molar refractivity (Wildman–Crippen MR) is 127 cm³/mol. The average Bonchev–Trinajstić information content (AvgIpc) is 3.29. The van der Waals surface area contributed by atoms with E-state index < -0.39 is 5.41 Å². The summed E-state index contributed by atoms with van der Waals surface area (Å²) >= 11 is 0. The third kappa shape index (κ3) is 5.16. The van der Waals surface area contributed by atoms with E-state index in [1.54, 1.807) is 19.0 Å². The molecule has 0 aliphatic carbocycles. The molecule has 0 radical (unpaired) electrons. The third-order valence-corrected chi connectivity index (χ3v) is 6.41. The Morgan fingerprint density at radius 3 is 2.52 bits per heavy atom. The monoisotopic (exact) mass is 445 g/mol. The van der Waals surface area contributed by atoms with Crippen LogP contribution in [0, 0.1) is 12.3 Å². The number of carbonyl (C=O) groups is 2. The van der Waals surface area contributed by atoms with Crippen molar-refractivity contribution in [2.75, 3.05) is 27.2 Å². The minimum atomic E-state index is -0.724. The summed E-state index contributed by atoms with van der Waals surface area (Å²) in [5.74, 6) is 0.738. The van der Waals surface area contributed by atoms with Crippen LogP contribution in [0.15, 0.2) is 65.2 Å². The molecule has 33 heavy (non-hydrogen) atoms. The predicted octanol–water partition coefficient (Wildman–Crippen LogP) is 4.13. The van der Waals surface area contributed by atoms with E-state index >= 15 is 0 Å². The third-order valence-electron chi connectivity index (χ3n) is 6.41. The molecule has 4 rings (SSSR count). The van der Waals surface area contributed by atoms with Crippen molar-refractivity contribution in [3.8, 4) is 11.3 Å². The van der Waals surface area contributed by atoms with Gasteiger partial charge < -0.3 is 14.3 Å². The van der Waals surface area contributed by atoms with Crippen LogP contribution in [-0.4, -0.2) is 54.0 Å². The van der Waals surface area contributed by atoms with E-state index in [4.69, 9.17) is 4.52 Å². The Labute approximate surface area is 195 Å². The zero-order valence-electron chi connectivity index (χ0n) is 19.6. The maximum absolute atomic E-state index is 13.4. The van der Waals surface area contributed by atoms with Crippen LogP contribution in [0.5, 0.6) is 0 Å². The SMILES string of the molecule is Cc1ccc(CC(=O)N2CCCC(Cc3cc(-c4ccccc4)no3)(C(=O)N(C)C)C2)cc1. The molecule has 1 aliphatic rings. The van der Waals surface area contributed by atoms with Gasteiger partial charge in [0.25, 0.3) is 0 Å². The Balaban J connectivity index is 1.55. The van der Waals surface area contributed by atoms with Crippen molar-refractivity contribution in [1.82, 2.24) is 15.0 Å². The number of benzene rings is 2. The van der Waals surface area contributed by atoms with Crippen LogP contribution in [0.1, 0.15) is 29.7 Å². The zero-order valence-corrected chi connectivity index (χ0v) is 19.6. The summed E-state index contributed by atoms with van der Waals surface area (Å²) in [6.45, 7) is 3.08. The highest BCUT2D eigenvalue weighted by molar-refractivity contribution is 5.85. The molecule has 1 saturated heterocycles. The van der Waals surface area contributed by atoms with Crippen LogP contribution in [0.4, 0.5) is 0 Å². The summed E-state index contributed by atoms with van der Waals surface area (Å²) in [4.78, 5) is 30.0. The number of piperidine rings is 1. The summed E-state index contributed by atoms with van der Waals surface area (Å²) in [6, 6.07) is 19.8. The molecular formula is C27H31N3O3. The molecule has 1 atom stereocenters. The van der Waals surface area contributed by atoms with E-state index in [-0.39, 0.29) is 11.8 Å². The fourth-order valence-electron chi connectivity index (χ4n) is 4.68. The quantitative estimate of drug-likeness (QED) is 0.572. The van der Waals surface area contributed by atoms with Crippen LogP contribution in [0.3, 0.4) is 0 Å². The lowest BCUT2D eigenvalue weighted by molar-refractivity contribution is -0.147. The fraction of sp³-hybridized carbons (Fsp3) is 0.370. The van der Waals surface area contributed by atoms with Crippen molar-refractivity contribution in [2.45, 2.75) is 32.6 Å². The Morgan fingerprint density at radius 1 is 1.09 bits per heavy atom. The number of hydrogen-bond donors (Lipinski definition) is 0. The van der Waals surface area contributed by atoms with Gasteiger partial charge in [0.1, 0.15) is 11.5 Å². The summed E-state index contributed by atoms with van der Waals surface area (Å²) in [5, 5.41) is 4.22. The molecule has 0 saturated carbocycles. The second kappa shape index (κ2) is 9.61. The van der Waals surface area contributed by atoms with Gasteiger partial charge in [0.2, 0.25) is 11.8 Å². The lowest BCUT2D eigenvalue weighted by Gasteiger charge is -2.42. The summed E-state index contributed by atoms with van der Waals surface area (Å²) in [7, 11) is 3.54. The highest BCUT2D eigenvalue weighted by atomic mass is 16.5. The Hall–Kier alpha value is -3.41. The molecule has 6 heteroatoms. The van der Waals surface area contributed by atoms with Crippen molar-refractivity contribution >= 4 is 11.8 Å². The van der Waals surface area contributed by atoms with Gasteiger partial charge in [-0.2, -0.15) is 0 Å². The van der Waals surface area contributed by atoms with E-state index in [2.05, 4.69) is 5.16 Å². The van der Waals surface area contributed by atoms with E-state index in [0.29, 0.717) is 38.1 Å². The second-order valence-corrected chi connectivity index (χ2v) is 9.28. The topological polar surface area (TPSA) is 66.7 Å². The summed E-state index contributed by atoms with van der Waals surface area (Å²) in [6.07, 6.45) is 2.24. The molecule has 1 unspecified atom stereocenters. The second-order valence-electron chi connectivity index (χ2n) is 9.28. The van der Waals surface area contributed by atoms with Crippen molar-refractivity contribution in [1.29, 1.82) is 0 Å². The van der Waals surface area contributed by atoms with E-state index in [0.717, 1.165) is 23.2 Å². The van der Waals surface area contributed by atoms with E-state index in [1.807, 2.05) is 72.5 Å². The molecular weight excluding hydrogens is 414 g/mol. The number of carbonyl (C=O) groups excluding carboxylic acids is 2. The molecule has 3 aromatic rings. The Morgan fingerprint density at radius 2 is 1.82 bits per heavy atom. The lowest BCUT2D eigenvalue weighted by atomic mass is 9.75. The molecule has 0 spiro atoms. The maximum Gasteiger partial charge on any atom is 0.230 e. The molecule has 2 heterocycles. The number of rotatable bonds is 6. The van der Waals surface area contributed by atoms with Gasteiger partial charge in [-0.1, -0.05) is 65.3 Å². The molecule has 2 amide bonds. The van der Waals surface area contributed by atoms with Crippen molar-refractivity contribution in [3.63, 3.8) is 0 Å². The first-order valence-corrected chi connectivity index (χ1v) is 11.4. The van der Waals surface area contributed by atoms with Crippen LogP contribution in [-0.2, 0) is 22.4 Å². The average molecular weight is 446 g/mol. The van der Waals surface area contributed by atoms with E-state index in [9.17, 15) is 9.59 Å². The molecule has 0 N–H and O–H groups in total. The summed E-state index contributed by atoms with van der Waals surface area (Å²) < 4.78 is 5.66. The largest absolute Gasteiger partial charge is 0.361 e. The molecule has 1 aromatic heterocycles. The van der Waals surface area contributed by atoms with E-state index in [1.165, 1.54) is 5.56 Å². The summed E-state index contributed by atoms with van der Waals surface area (Å²) in [5.41, 5.74) is 3.16. The number of amides is 2. The van der Waals surface area contributed by atoms with Gasteiger partial charge in [-0.25, -0.2) is 0 Å². The van der Waals surface area contributed by atoms with Gasteiger partial charge >= 0.3 is 0 Å². The molecule has 1 aliphatic heterocycles. The van der Waals surface area contributed by atoms with Crippen LogP contribution in [0.2, 0.25) is 0 Å². The molecule has 2 aromatic carbocycles. The number of hydrogen-bond acceptors (Lipinski definition) is 4. The molecule has 0 bridgehead atoms. The minimum absolute atomic E-state index is 0.0213. The fourth-order valence-corrected chi connectivity index (χ4v) is 4.68. The Bertz CT molecular complexity index is 1110. The first kappa shape index (κ1) is 22.8. The van der Waals surface area contributed by atoms with Crippen molar-refractivity contribution in [2.24, 2.45) is 5.41 Å². The maximum atomic E-state index is 13.4. The van der Waals surface area contributed by atoms with Gasteiger partial charge in [0.05, 0.1) is 11.8 Å². The highest BCUT2D eigenvalue weighted by Gasteiger charge is 2.45. The number of aromatic nitrogens is 1. The molecule has 1 fully saturated rings. The minimum Gasteiger partial charge on any atom is -0.361 e. The zero-order chi connectivity index (χ0) is 23.4. The van der Waals surface area contributed by atoms with Gasteiger partial charge in [0, 0.05) is 45.2 Å². The number of likely N-dealkylation sites (tertiary alicyclic amines) is 1. The Kier molecular flexibility index (Phi) is 6.63. The first-order valence-electron chi connectivity index (χ1n) is 11.4. The first-order chi connectivity index (χ1) is 15.9. The smallest absolute Gasteiger partial charge is 0.230 e. The van der Waals surface area contributed by atoms with Crippen LogP contribution in [0.25, 0.3) is 11.3 Å². The van der Waals surface area contributed by atoms with Gasteiger partial charge in [-0.3, -0.25) is 9.59 Å². The lowest BCUT2D eigenvalue weighted by Crippen LogP contribution is -2.54. The molecule has 6 nitrogen and oxygen atoms in total. The van der Waals surface area contributed by atoms with Gasteiger partial charge in [0.15, 0.2) is 0 Å². The van der Waals surface area contributed by atoms with Crippen molar-refractivity contribution < 1.29 is 14.1 Å². The van der Waals surface area contributed by atoms with Crippen LogP contribution >= 0.6 is 0 Å². The normalized spacial score (nSPS) is 18.2. The number of nitrogens with zero attached hydrogens (tertiary/aromatic N) is 3. The van der Waals surface area contributed by atoms with Gasteiger partial charge in [-0.05, 0) is 25.3 Å². The standard InChI is InChI=1S/C27H31N3O3/c1-20-10-12-21(13-11-20)16-25(31)30-15-7-14-27(19-30,26(32)29(2)3)18-23-17-24(28-33-23)22-8-5-4-6-9-22/h4-6,8-13,17H,7,14-16,18-19H2,1-3H3. The number of aryl methyl sites for hydroxylation is 1. The highest BCUT2D eigenvalue weighted by Crippen LogP contribution is 2.36. The van der Waals surface area contributed by atoms with Crippen LogP contribution < -0.4 is 0 Å². The van der Waals surface area contributed by atoms with Crippen molar-refractivity contribution in [3.05, 3.63) is 77.6 Å². The van der Waals surface area contributed by atoms with Gasteiger partial charge in [-0.15, -0.1) is 0 Å². The molecule has 172 valence electrons.